The van der Waals surface area contributed by atoms with Gasteiger partial charge in [0.05, 0.1) is 19.8 Å². The molecule has 0 fully saturated rings. The second kappa shape index (κ2) is 8.36. The molecule has 5 heteroatoms. The quantitative estimate of drug-likeness (QED) is 0.664. The van der Waals surface area contributed by atoms with Crippen molar-refractivity contribution >= 4 is 5.91 Å². The first-order chi connectivity index (χ1) is 13.1. The monoisotopic (exact) mass is 362 g/mol. The first-order valence-electron chi connectivity index (χ1n) is 8.59. The number of benzene rings is 2. The molecule has 1 amide bonds. The fraction of sp³-hybridized carbons (Fsp3) is 0.182. The number of rotatable bonds is 6. The van der Waals surface area contributed by atoms with Crippen molar-refractivity contribution in [3.05, 3.63) is 78.1 Å². The summed E-state index contributed by atoms with van der Waals surface area (Å²) in [6.45, 7) is 0.534. The first kappa shape index (κ1) is 18.5. The molecule has 0 unspecified atom stereocenters. The topological polar surface area (TPSA) is 51.7 Å². The standard InChI is InChI=1S/C22H22N2O3/c1-24(15-16-7-5-4-6-8-16)22(25)18-11-17(13-23-14-18)20-12-19(26-2)9-10-21(20)27-3/h4-14H,15H2,1-3H3. The molecule has 0 radical (unpaired) electrons. The third-order valence-corrected chi connectivity index (χ3v) is 4.31. The van der Waals surface area contributed by atoms with Gasteiger partial charge in [-0.1, -0.05) is 30.3 Å². The molecule has 0 aliphatic rings. The minimum Gasteiger partial charge on any atom is -0.497 e. The second-order valence-corrected chi connectivity index (χ2v) is 6.18. The summed E-state index contributed by atoms with van der Waals surface area (Å²) in [6.07, 6.45) is 3.30. The van der Waals surface area contributed by atoms with E-state index in [2.05, 4.69) is 4.98 Å². The molecule has 3 rings (SSSR count). The van der Waals surface area contributed by atoms with Gasteiger partial charge in [0.25, 0.3) is 5.91 Å². The van der Waals surface area contributed by atoms with Crippen LogP contribution >= 0.6 is 0 Å². The molecule has 0 saturated heterocycles. The molecule has 2 aromatic carbocycles. The Balaban J connectivity index is 1.88. The van der Waals surface area contributed by atoms with Gasteiger partial charge in [0, 0.05) is 37.1 Å². The van der Waals surface area contributed by atoms with Gasteiger partial charge >= 0.3 is 0 Å². The van der Waals surface area contributed by atoms with Crippen molar-refractivity contribution < 1.29 is 14.3 Å². The average Bonchev–Trinajstić information content (AvgIpc) is 2.73. The number of amides is 1. The maximum Gasteiger partial charge on any atom is 0.255 e. The number of hydrogen-bond donors (Lipinski definition) is 0. The summed E-state index contributed by atoms with van der Waals surface area (Å²) in [5.41, 5.74) is 3.22. The molecular formula is C22H22N2O3. The van der Waals surface area contributed by atoms with Gasteiger partial charge < -0.3 is 14.4 Å². The van der Waals surface area contributed by atoms with Crippen LogP contribution in [0.3, 0.4) is 0 Å². The molecule has 0 bridgehead atoms. The van der Waals surface area contributed by atoms with E-state index in [1.54, 1.807) is 38.6 Å². The van der Waals surface area contributed by atoms with Gasteiger partial charge in [0.15, 0.2) is 0 Å². The van der Waals surface area contributed by atoms with Crippen LogP contribution in [-0.2, 0) is 6.54 Å². The Bertz CT molecular complexity index is 926. The predicted molar refractivity (Wildman–Crippen MR) is 105 cm³/mol. The molecule has 0 aliphatic heterocycles. The van der Waals surface area contributed by atoms with Gasteiger partial charge in [0.1, 0.15) is 11.5 Å². The van der Waals surface area contributed by atoms with Crippen LogP contribution in [0.2, 0.25) is 0 Å². The van der Waals surface area contributed by atoms with E-state index < -0.39 is 0 Å². The van der Waals surface area contributed by atoms with Gasteiger partial charge in [0.2, 0.25) is 0 Å². The summed E-state index contributed by atoms with van der Waals surface area (Å²) in [5, 5.41) is 0. The summed E-state index contributed by atoms with van der Waals surface area (Å²) in [7, 11) is 5.01. The number of methoxy groups -OCH3 is 2. The lowest BCUT2D eigenvalue weighted by Gasteiger charge is -2.18. The Labute approximate surface area is 159 Å². The van der Waals surface area contributed by atoms with E-state index in [4.69, 9.17) is 9.47 Å². The maximum absolute atomic E-state index is 12.8. The van der Waals surface area contributed by atoms with E-state index in [0.29, 0.717) is 23.6 Å². The van der Waals surface area contributed by atoms with Gasteiger partial charge in [-0.2, -0.15) is 0 Å². The first-order valence-corrected chi connectivity index (χ1v) is 8.59. The van der Waals surface area contributed by atoms with Crippen molar-refractivity contribution in [2.75, 3.05) is 21.3 Å². The van der Waals surface area contributed by atoms with Crippen molar-refractivity contribution in [2.45, 2.75) is 6.54 Å². The van der Waals surface area contributed by atoms with Crippen molar-refractivity contribution in [2.24, 2.45) is 0 Å². The fourth-order valence-corrected chi connectivity index (χ4v) is 2.89. The smallest absolute Gasteiger partial charge is 0.255 e. The molecule has 0 atom stereocenters. The summed E-state index contributed by atoms with van der Waals surface area (Å²) >= 11 is 0. The Morgan fingerprint density at radius 2 is 1.78 bits per heavy atom. The van der Waals surface area contributed by atoms with Gasteiger partial charge in [-0.25, -0.2) is 0 Å². The number of carbonyl (C=O) groups is 1. The van der Waals surface area contributed by atoms with Crippen LogP contribution in [0.5, 0.6) is 11.5 Å². The van der Waals surface area contributed by atoms with Crippen molar-refractivity contribution in [3.63, 3.8) is 0 Å². The van der Waals surface area contributed by atoms with Crippen LogP contribution in [0.25, 0.3) is 11.1 Å². The molecule has 0 saturated carbocycles. The number of pyridine rings is 1. The van der Waals surface area contributed by atoms with Crippen molar-refractivity contribution in [1.29, 1.82) is 0 Å². The van der Waals surface area contributed by atoms with Crippen LogP contribution in [0, 0.1) is 0 Å². The normalized spacial score (nSPS) is 10.3. The fourth-order valence-electron chi connectivity index (χ4n) is 2.89. The molecule has 1 aromatic heterocycles. The minimum absolute atomic E-state index is 0.0879. The largest absolute Gasteiger partial charge is 0.497 e. The SMILES string of the molecule is COc1ccc(OC)c(-c2cncc(C(=O)N(C)Cc3ccccc3)c2)c1. The van der Waals surface area contributed by atoms with E-state index in [9.17, 15) is 4.79 Å². The Hall–Kier alpha value is -3.34. The minimum atomic E-state index is -0.0879. The zero-order chi connectivity index (χ0) is 19.2. The molecule has 0 aliphatic carbocycles. The van der Waals surface area contributed by atoms with Gasteiger partial charge in [-0.05, 0) is 29.8 Å². The highest BCUT2D eigenvalue weighted by Gasteiger charge is 2.15. The summed E-state index contributed by atoms with van der Waals surface area (Å²) < 4.78 is 10.8. The third-order valence-electron chi connectivity index (χ3n) is 4.31. The highest BCUT2D eigenvalue weighted by Crippen LogP contribution is 2.33. The molecule has 3 aromatic rings. The van der Waals surface area contributed by atoms with Crippen molar-refractivity contribution in [1.82, 2.24) is 9.88 Å². The summed E-state index contributed by atoms with van der Waals surface area (Å²) in [4.78, 5) is 18.8. The highest BCUT2D eigenvalue weighted by atomic mass is 16.5. The molecule has 1 heterocycles. The maximum atomic E-state index is 12.8. The summed E-state index contributed by atoms with van der Waals surface area (Å²) in [5.74, 6) is 1.32. The van der Waals surface area contributed by atoms with Crippen LogP contribution in [0.15, 0.2) is 67.0 Å². The van der Waals surface area contributed by atoms with Crippen LogP contribution < -0.4 is 9.47 Å². The lowest BCUT2D eigenvalue weighted by atomic mass is 10.0. The number of hydrogen-bond acceptors (Lipinski definition) is 4. The number of aromatic nitrogens is 1. The Kier molecular flexibility index (Phi) is 5.71. The zero-order valence-electron chi connectivity index (χ0n) is 15.7. The van der Waals surface area contributed by atoms with E-state index in [-0.39, 0.29) is 5.91 Å². The molecule has 0 N–H and O–H groups in total. The van der Waals surface area contributed by atoms with E-state index in [1.165, 1.54) is 0 Å². The van der Waals surface area contributed by atoms with Crippen LogP contribution in [0.4, 0.5) is 0 Å². The third kappa shape index (κ3) is 4.26. The molecule has 0 spiro atoms. The van der Waals surface area contributed by atoms with Gasteiger partial charge in [-0.15, -0.1) is 0 Å². The molecule has 138 valence electrons. The Morgan fingerprint density at radius 1 is 1.00 bits per heavy atom. The lowest BCUT2D eigenvalue weighted by Crippen LogP contribution is -2.26. The van der Waals surface area contributed by atoms with E-state index in [1.807, 2.05) is 54.6 Å². The predicted octanol–water partition coefficient (Wildman–Crippen LogP) is 4.04. The molecule has 5 nitrogen and oxygen atoms in total. The Morgan fingerprint density at radius 3 is 2.48 bits per heavy atom. The molecular weight excluding hydrogens is 340 g/mol. The van der Waals surface area contributed by atoms with Crippen LogP contribution in [0.1, 0.15) is 15.9 Å². The average molecular weight is 362 g/mol. The lowest BCUT2D eigenvalue weighted by molar-refractivity contribution is 0.0784. The van der Waals surface area contributed by atoms with Crippen LogP contribution in [-0.4, -0.2) is 37.1 Å². The second-order valence-electron chi connectivity index (χ2n) is 6.18. The number of ether oxygens (including phenoxy) is 2. The van der Waals surface area contributed by atoms with Crippen molar-refractivity contribution in [3.8, 4) is 22.6 Å². The number of nitrogens with zero attached hydrogens (tertiary/aromatic N) is 2. The highest BCUT2D eigenvalue weighted by molar-refractivity contribution is 5.95. The number of carbonyl (C=O) groups excluding carboxylic acids is 1. The molecule has 27 heavy (non-hydrogen) atoms. The van der Waals surface area contributed by atoms with E-state index in [0.717, 1.165) is 16.7 Å². The zero-order valence-corrected chi connectivity index (χ0v) is 15.7. The summed E-state index contributed by atoms with van der Waals surface area (Å²) in [6, 6.07) is 17.3. The van der Waals surface area contributed by atoms with Gasteiger partial charge in [-0.3, -0.25) is 9.78 Å². The van der Waals surface area contributed by atoms with E-state index >= 15 is 0 Å².